The molecule has 0 radical (unpaired) electrons. The summed E-state index contributed by atoms with van der Waals surface area (Å²) in [6.07, 6.45) is 3.99. The van der Waals surface area contributed by atoms with Crippen molar-refractivity contribution in [3.05, 3.63) is 58.0 Å². The van der Waals surface area contributed by atoms with Crippen molar-refractivity contribution in [2.45, 2.75) is 37.4 Å². The quantitative estimate of drug-likeness (QED) is 0.821. The van der Waals surface area contributed by atoms with Crippen LogP contribution in [0.2, 0.25) is 0 Å². The van der Waals surface area contributed by atoms with Crippen molar-refractivity contribution in [2.24, 2.45) is 5.92 Å². The molecule has 126 valence electrons. The fraction of sp³-hybridized carbons (Fsp3) is 0.500. The van der Waals surface area contributed by atoms with E-state index in [0.29, 0.717) is 11.6 Å². The molecule has 0 aliphatic carbocycles. The Morgan fingerprint density at radius 3 is 2.88 bits per heavy atom. The van der Waals surface area contributed by atoms with Gasteiger partial charge in [0, 0.05) is 36.1 Å². The minimum Gasteiger partial charge on any atom is -0.297 e. The van der Waals surface area contributed by atoms with Crippen LogP contribution < -0.4 is 0 Å². The molecule has 0 amide bonds. The summed E-state index contributed by atoms with van der Waals surface area (Å²) in [5.41, 5.74) is 1.63. The molecule has 0 unspecified atom stereocenters. The van der Waals surface area contributed by atoms with Gasteiger partial charge in [-0.1, -0.05) is 18.2 Å². The third-order valence-electron chi connectivity index (χ3n) is 6.39. The molecule has 2 nitrogen and oxygen atoms in total. The monoisotopic (exact) mass is 342 g/mol. The van der Waals surface area contributed by atoms with Gasteiger partial charge in [-0.05, 0) is 60.9 Å². The van der Waals surface area contributed by atoms with Crippen molar-refractivity contribution in [3.63, 3.8) is 0 Å². The number of hydrogen-bond donors (Lipinski definition) is 0. The van der Waals surface area contributed by atoms with E-state index >= 15 is 0 Å². The smallest absolute Gasteiger partial charge is 0.123 e. The zero-order valence-electron chi connectivity index (χ0n) is 13.8. The van der Waals surface area contributed by atoms with E-state index in [1.807, 2.05) is 23.5 Å². The van der Waals surface area contributed by atoms with E-state index in [2.05, 4.69) is 27.3 Å². The first-order chi connectivity index (χ1) is 11.7. The number of likely N-dealkylation sites (tertiary alicyclic amines) is 1. The second-order valence-corrected chi connectivity index (χ2v) is 8.64. The zero-order valence-corrected chi connectivity index (χ0v) is 14.6. The lowest BCUT2D eigenvalue weighted by Crippen LogP contribution is -2.45. The molecule has 0 saturated carbocycles. The Morgan fingerprint density at radius 2 is 2.08 bits per heavy atom. The number of nitrogens with zero attached hydrogens (tertiary/aromatic N) is 2. The highest BCUT2D eigenvalue weighted by molar-refractivity contribution is 7.10. The van der Waals surface area contributed by atoms with Crippen LogP contribution in [0.15, 0.2) is 41.8 Å². The van der Waals surface area contributed by atoms with Gasteiger partial charge in [0.1, 0.15) is 5.82 Å². The first-order valence-corrected chi connectivity index (χ1v) is 9.89. The average Bonchev–Trinajstić information content (AvgIpc) is 3.31. The lowest BCUT2D eigenvalue weighted by Gasteiger charge is -2.35. The van der Waals surface area contributed by atoms with Crippen molar-refractivity contribution in [2.75, 3.05) is 19.6 Å². The first-order valence-electron chi connectivity index (χ1n) is 9.01. The molecule has 1 aromatic carbocycles. The standard InChI is InChI=1S/C20H23FN2S/c21-17-6-4-15(5-7-17)12-22-13-16-11-18(19-3-1-10-24-19)23-9-2-8-20(16,23)14-22/h1,3-7,10,16,18H,2,8-9,11-14H2/t16-,18-,20+/m0/s1. The highest BCUT2D eigenvalue weighted by Gasteiger charge is 2.59. The molecular formula is C20H23FN2S. The van der Waals surface area contributed by atoms with Crippen LogP contribution in [0.25, 0.3) is 0 Å². The van der Waals surface area contributed by atoms with Crippen LogP contribution in [0.5, 0.6) is 0 Å². The Labute approximate surface area is 146 Å². The first kappa shape index (κ1) is 15.1. The van der Waals surface area contributed by atoms with Gasteiger partial charge in [0.05, 0.1) is 0 Å². The number of hydrogen-bond acceptors (Lipinski definition) is 3. The van der Waals surface area contributed by atoms with Crippen LogP contribution in [-0.2, 0) is 6.54 Å². The third kappa shape index (κ3) is 2.27. The van der Waals surface area contributed by atoms with E-state index in [-0.39, 0.29) is 5.82 Å². The van der Waals surface area contributed by atoms with Crippen LogP contribution in [0.1, 0.15) is 35.7 Å². The SMILES string of the molecule is Fc1ccc(CN2C[C@@H]3C[C@@H](c4cccs4)N4CCC[C@@]34C2)cc1. The topological polar surface area (TPSA) is 6.48 Å². The molecule has 4 heterocycles. The van der Waals surface area contributed by atoms with Gasteiger partial charge in [-0.3, -0.25) is 9.80 Å². The Kier molecular flexibility index (Phi) is 3.55. The largest absolute Gasteiger partial charge is 0.297 e. The summed E-state index contributed by atoms with van der Waals surface area (Å²) in [5, 5.41) is 2.22. The summed E-state index contributed by atoms with van der Waals surface area (Å²) in [4.78, 5) is 6.98. The maximum atomic E-state index is 13.1. The summed E-state index contributed by atoms with van der Waals surface area (Å²) < 4.78 is 13.1. The maximum absolute atomic E-state index is 13.1. The summed E-state index contributed by atoms with van der Waals surface area (Å²) in [7, 11) is 0. The van der Waals surface area contributed by atoms with E-state index in [9.17, 15) is 4.39 Å². The molecule has 3 saturated heterocycles. The van der Waals surface area contributed by atoms with Crippen LogP contribution in [0.4, 0.5) is 4.39 Å². The molecule has 0 bridgehead atoms. The molecule has 3 atom stereocenters. The molecule has 3 aliphatic rings. The van der Waals surface area contributed by atoms with Crippen LogP contribution in [-0.4, -0.2) is 35.0 Å². The minimum atomic E-state index is -0.142. The van der Waals surface area contributed by atoms with E-state index in [4.69, 9.17) is 0 Å². The normalized spacial score (nSPS) is 33.0. The molecule has 1 spiro atoms. The third-order valence-corrected chi connectivity index (χ3v) is 7.37. The molecule has 3 aliphatic heterocycles. The minimum absolute atomic E-state index is 0.142. The van der Waals surface area contributed by atoms with Crippen molar-refractivity contribution >= 4 is 11.3 Å². The van der Waals surface area contributed by atoms with Gasteiger partial charge < -0.3 is 0 Å². The van der Waals surface area contributed by atoms with Crippen molar-refractivity contribution in [1.82, 2.24) is 9.80 Å². The van der Waals surface area contributed by atoms with E-state index in [1.54, 1.807) is 17.0 Å². The number of thiophene rings is 1. The van der Waals surface area contributed by atoms with E-state index in [1.165, 1.54) is 44.5 Å². The number of halogens is 1. The molecule has 3 fully saturated rings. The number of benzene rings is 1. The molecule has 2 aromatic rings. The molecule has 5 rings (SSSR count). The van der Waals surface area contributed by atoms with Gasteiger partial charge in [-0.15, -0.1) is 11.3 Å². The molecule has 24 heavy (non-hydrogen) atoms. The second kappa shape index (κ2) is 5.65. The average molecular weight is 342 g/mol. The van der Waals surface area contributed by atoms with E-state index < -0.39 is 0 Å². The highest BCUT2D eigenvalue weighted by atomic mass is 32.1. The van der Waals surface area contributed by atoms with Gasteiger partial charge in [0.2, 0.25) is 0 Å². The fourth-order valence-corrected chi connectivity index (χ4v) is 6.32. The summed E-state index contributed by atoms with van der Waals surface area (Å²) in [6.45, 7) is 4.58. The Hall–Kier alpha value is -1.23. The van der Waals surface area contributed by atoms with Gasteiger partial charge in [0.25, 0.3) is 0 Å². The predicted octanol–water partition coefficient (Wildman–Crippen LogP) is 4.30. The Morgan fingerprint density at radius 1 is 1.21 bits per heavy atom. The van der Waals surface area contributed by atoms with Crippen molar-refractivity contribution in [1.29, 1.82) is 0 Å². The predicted molar refractivity (Wildman–Crippen MR) is 95.5 cm³/mol. The van der Waals surface area contributed by atoms with Crippen LogP contribution in [0.3, 0.4) is 0 Å². The number of rotatable bonds is 3. The molecule has 4 heteroatoms. The van der Waals surface area contributed by atoms with Crippen LogP contribution in [0, 0.1) is 11.7 Å². The van der Waals surface area contributed by atoms with Gasteiger partial charge in [-0.25, -0.2) is 4.39 Å². The zero-order chi connectivity index (χ0) is 16.1. The Balaban J connectivity index is 1.36. The van der Waals surface area contributed by atoms with Crippen LogP contribution >= 0.6 is 11.3 Å². The molecule has 1 aromatic heterocycles. The van der Waals surface area contributed by atoms with Gasteiger partial charge in [0.15, 0.2) is 0 Å². The van der Waals surface area contributed by atoms with Crippen molar-refractivity contribution in [3.8, 4) is 0 Å². The van der Waals surface area contributed by atoms with Gasteiger partial charge in [-0.2, -0.15) is 0 Å². The second-order valence-electron chi connectivity index (χ2n) is 7.66. The van der Waals surface area contributed by atoms with E-state index in [0.717, 1.165) is 12.5 Å². The Bertz CT molecular complexity index is 714. The van der Waals surface area contributed by atoms with Gasteiger partial charge >= 0.3 is 0 Å². The van der Waals surface area contributed by atoms with Crippen molar-refractivity contribution < 1.29 is 4.39 Å². The fourth-order valence-electron chi connectivity index (χ4n) is 5.47. The maximum Gasteiger partial charge on any atom is 0.123 e. The molecular weight excluding hydrogens is 319 g/mol. The lowest BCUT2D eigenvalue weighted by atomic mass is 9.86. The lowest BCUT2D eigenvalue weighted by molar-refractivity contribution is 0.132. The highest BCUT2D eigenvalue weighted by Crippen LogP contribution is 2.56. The summed E-state index contributed by atoms with van der Waals surface area (Å²) >= 11 is 1.92. The molecule has 0 N–H and O–H groups in total. The summed E-state index contributed by atoms with van der Waals surface area (Å²) in [5.74, 6) is 0.643. The summed E-state index contributed by atoms with van der Waals surface area (Å²) in [6, 6.07) is 12.2.